The van der Waals surface area contributed by atoms with E-state index in [1.807, 2.05) is 19.1 Å². The minimum absolute atomic E-state index is 0.0327. The van der Waals surface area contributed by atoms with Crippen LogP contribution in [0.15, 0.2) is 42.5 Å². The lowest BCUT2D eigenvalue weighted by Crippen LogP contribution is -2.28. The van der Waals surface area contributed by atoms with Crippen molar-refractivity contribution in [1.82, 2.24) is 0 Å². The van der Waals surface area contributed by atoms with E-state index in [1.54, 1.807) is 32.4 Å². The maximum atomic E-state index is 12.4. The molecule has 0 saturated carbocycles. The monoisotopic (exact) mass is 314 g/mol. The third-order valence-corrected chi connectivity index (χ3v) is 3.65. The van der Waals surface area contributed by atoms with E-state index in [0.717, 1.165) is 16.9 Å². The number of aryl methyl sites for hydroxylation is 1. The van der Waals surface area contributed by atoms with Gasteiger partial charge in [0.1, 0.15) is 5.75 Å². The van der Waals surface area contributed by atoms with Gasteiger partial charge < -0.3 is 9.64 Å². The van der Waals surface area contributed by atoms with Crippen molar-refractivity contribution in [2.24, 2.45) is 0 Å². The Labute approximate surface area is 134 Å². The summed E-state index contributed by atoms with van der Waals surface area (Å²) in [5.41, 5.74) is 2.17. The third-order valence-electron chi connectivity index (χ3n) is 3.65. The minimum Gasteiger partial charge on any atom is -0.497 e. The van der Waals surface area contributed by atoms with Crippen LogP contribution in [0.2, 0.25) is 0 Å². The predicted molar refractivity (Wildman–Crippen MR) is 87.9 cm³/mol. The Hall–Kier alpha value is -2.89. The summed E-state index contributed by atoms with van der Waals surface area (Å²) < 4.78 is 5.08. The van der Waals surface area contributed by atoms with E-state index < -0.39 is 4.92 Å². The second-order valence-electron chi connectivity index (χ2n) is 5.21. The molecular weight excluding hydrogens is 296 g/mol. The van der Waals surface area contributed by atoms with Gasteiger partial charge in [-0.15, -0.1) is 0 Å². The van der Waals surface area contributed by atoms with Crippen molar-refractivity contribution in [2.45, 2.75) is 13.3 Å². The number of nitro benzene ring substituents is 1. The highest BCUT2D eigenvalue weighted by atomic mass is 16.6. The molecule has 0 unspecified atom stereocenters. The average molecular weight is 314 g/mol. The molecule has 0 fully saturated rings. The Morgan fingerprint density at radius 1 is 1.22 bits per heavy atom. The van der Waals surface area contributed by atoms with Crippen LogP contribution in [-0.4, -0.2) is 25.0 Å². The van der Waals surface area contributed by atoms with Crippen molar-refractivity contribution in [3.63, 3.8) is 0 Å². The summed E-state index contributed by atoms with van der Waals surface area (Å²) in [6.07, 6.45) is 0.211. The van der Waals surface area contributed by atoms with Crippen LogP contribution >= 0.6 is 0 Å². The molecule has 0 atom stereocenters. The highest BCUT2D eigenvalue weighted by Crippen LogP contribution is 2.25. The van der Waals surface area contributed by atoms with Crippen LogP contribution in [0.1, 0.15) is 11.1 Å². The van der Waals surface area contributed by atoms with Crippen molar-refractivity contribution >= 4 is 17.3 Å². The summed E-state index contributed by atoms with van der Waals surface area (Å²) in [5.74, 6) is 0.586. The Balaban J connectivity index is 2.18. The second-order valence-corrected chi connectivity index (χ2v) is 5.21. The number of benzene rings is 2. The van der Waals surface area contributed by atoms with Gasteiger partial charge in [-0.25, -0.2) is 0 Å². The standard InChI is InChI=1S/C17H18N2O4/c1-12-4-7-14(19(21)22)11-16(12)18(2)17(20)10-13-5-8-15(23-3)9-6-13/h4-9,11H,10H2,1-3H3. The van der Waals surface area contributed by atoms with E-state index in [0.29, 0.717) is 5.69 Å². The quantitative estimate of drug-likeness (QED) is 0.628. The molecular formula is C17H18N2O4. The van der Waals surface area contributed by atoms with E-state index >= 15 is 0 Å². The van der Waals surface area contributed by atoms with Crippen molar-refractivity contribution in [3.05, 3.63) is 63.7 Å². The summed E-state index contributed by atoms with van der Waals surface area (Å²) in [7, 11) is 3.21. The van der Waals surface area contributed by atoms with Gasteiger partial charge in [0, 0.05) is 19.2 Å². The van der Waals surface area contributed by atoms with Crippen LogP contribution in [0.25, 0.3) is 0 Å². The number of nitrogens with zero attached hydrogens (tertiary/aromatic N) is 2. The van der Waals surface area contributed by atoms with Crippen LogP contribution in [0.4, 0.5) is 11.4 Å². The SMILES string of the molecule is COc1ccc(CC(=O)N(C)c2cc([N+](=O)[O-])ccc2C)cc1. The molecule has 0 saturated heterocycles. The van der Waals surface area contributed by atoms with Gasteiger partial charge in [-0.1, -0.05) is 18.2 Å². The van der Waals surface area contributed by atoms with E-state index in [1.165, 1.54) is 17.0 Å². The van der Waals surface area contributed by atoms with Gasteiger partial charge in [-0.05, 0) is 30.2 Å². The normalized spacial score (nSPS) is 10.2. The summed E-state index contributed by atoms with van der Waals surface area (Å²) in [6.45, 7) is 1.82. The smallest absolute Gasteiger partial charge is 0.271 e. The number of carbonyl (C=O) groups is 1. The lowest BCUT2D eigenvalue weighted by Gasteiger charge is -2.19. The largest absolute Gasteiger partial charge is 0.497 e. The number of hydrogen-bond donors (Lipinski definition) is 0. The topological polar surface area (TPSA) is 72.7 Å². The zero-order valence-electron chi connectivity index (χ0n) is 13.3. The molecule has 2 aromatic carbocycles. The van der Waals surface area contributed by atoms with Gasteiger partial charge in [0.15, 0.2) is 0 Å². The van der Waals surface area contributed by atoms with Gasteiger partial charge in [0.25, 0.3) is 5.69 Å². The molecule has 23 heavy (non-hydrogen) atoms. The molecule has 0 aliphatic heterocycles. The van der Waals surface area contributed by atoms with Gasteiger partial charge in [-0.3, -0.25) is 14.9 Å². The van der Waals surface area contributed by atoms with Crippen molar-refractivity contribution in [1.29, 1.82) is 0 Å². The molecule has 120 valence electrons. The molecule has 6 heteroatoms. The van der Waals surface area contributed by atoms with Crippen LogP contribution in [0, 0.1) is 17.0 Å². The van der Waals surface area contributed by atoms with Gasteiger partial charge in [0.05, 0.1) is 24.1 Å². The number of ether oxygens (including phenoxy) is 1. The first-order valence-corrected chi connectivity index (χ1v) is 7.07. The average Bonchev–Trinajstić information content (AvgIpc) is 2.55. The maximum absolute atomic E-state index is 12.4. The minimum atomic E-state index is -0.468. The molecule has 0 N–H and O–H groups in total. The van der Waals surface area contributed by atoms with E-state index in [4.69, 9.17) is 4.74 Å². The molecule has 2 rings (SSSR count). The van der Waals surface area contributed by atoms with Crippen LogP contribution in [-0.2, 0) is 11.2 Å². The fourth-order valence-electron chi connectivity index (χ4n) is 2.24. The predicted octanol–water partition coefficient (Wildman–Crippen LogP) is 3.12. The Morgan fingerprint density at radius 2 is 1.87 bits per heavy atom. The number of non-ortho nitro benzene ring substituents is 1. The highest BCUT2D eigenvalue weighted by Gasteiger charge is 2.17. The molecule has 1 amide bonds. The van der Waals surface area contributed by atoms with Gasteiger partial charge in [-0.2, -0.15) is 0 Å². The number of rotatable bonds is 5. The molecule has 2 aromatic rings. The summed E-state index contributed by atoms with van der Waals surface area (Å²) in [5, 5.41) is 10.9. The second kappa shape index (κ2) is 6.91. The van der Waals surface area contributed by atoms with Crippen molar-refractivity contribution < 1.29 is 14.5 Å². The van der Waals surface area contributed by atoms with Gasteiger partial charge >= 0.3 is 0 Å². The number of anilines is 1. The van der Waals surface area contributed by atoms with Crippen molar-refractivity contribution in [2.75, 3.05) is 19.1 Å². The molecule has 0 aliphatic carbocycles. The number of amides is 1. The highest BCUT2D eigenvalue weighted by molar-refractivity contribution is 5.95. The maximum Gasteiger partial charge on any atom is 0.271 e. The van der Waals surface area contributed by atoms with E-state index in [-0.39, 0.29) is 18.0 Å². The lowest BCUT2D eigenvalue weighted by atomic mass is 10.1. The Bertz CT molecular complexity index is 726. The van der Waals surface area contributed by atoms with Crippen LogP contribution < -0.4 is 9.64 Å². The first kappa shape index (κ1) is 16.5. The molecule has 0 aromatic heterocycles. The lowest BCUT2D eigenvalue weighted by molar-refractivity contribution is -0.384. The molecule has 0 heterocycles. The van der Waals surface area contributed by atoms with Crippen molar-refractivity contribution in [3.8, 4) is 5.75 Å². The first-order chi connectivity index (χ1) is 10.9. The van der Waals surface area contributed by atoms with Crippen LogP contribution in [0.3, 0.4) is 0 Å². The molecule has 0 radical (unpaired) electrons. The molecule has 0 spiro atoms. The molecule has 0 aliphatic rings. The molecule has 0 bridgehead atoms. The summed E-state index contributed by atoms with van der Waals surface area (Å²) >= 11 is 0. The van der Waals surface area contributed by atoms with Crippen LogP contribution in [0.5, 0.6) is 5.75 Å². The number of carbonyl (C=O) groups excluding carboxylic acids is 1. The number of hydrogen-bond acceptors (Lipinski definition) is 4. The third kappa shape index (κ3) is 3.85. The molecule has 6 nitrogen and oxygen atoms in total. The van der Waals surface area contributed by atoms with E-state index in [9.17, 15) is 14.9 Å². The van der Waals surface area contributed by atoms with Gasteiger partial charge in [0.2, 0.25) is 5.91 Å². The first-order valence-electron chi connectivity index (χ1n) is 7.07. The fourth-order valence-corrected chi connectivity index (χ4v) is 2.24. The zero-order chi connectivity index (χ0) is 17.0. The summed E-state index contributed by atoms with van der Waals surface area (Å²) in [6, 6.07) is 11.7. The zero-order valence-corrected chi connectivity index (χ0v) is 13.3. The summed E-state index contributed by atoms with van der Waals surface area (Å²) in [4.78, 5) is 24.3. The number of methoxy groups -OCH3 is 1. The Morgan fingerprint density at radius 3 is 2.43 bits per heavy atom. The number of likely N-dealkylation sites (N-methyl/N-ethyl adjacent to an activating group) is 1. The number of nitro groups is 1. The fraction of sp³-hybridized carbons (Fsp3) is 0.235. The Kier molecular flexibility index (Phi) is 4.95. The van der Waals surface area contributed by atoms with E-state index in [2.05, 4.69) is 0 Å².